The molecule has 5 N–H and O–H groups in total. The number of nitrogens with one attached hydrogen (secondary N) is 1. The molecule has 0 aromatic rings. The van der Waals surface area contributed by atoms with Gasteiger partial charge in [0.25, 0.3) is 6.02 Å². The van der Waals surface area contributed by atoms with Crippen molar-refractivity contribution in [2.75, 3.05) is 12.0 Å². The molecule has 0 saturated heterocycles. The molecule has 0 aliphatic carbocycles. The second-order valence-electron chi connectivity index (χ2n) is 2.65. The summed E-state index contributed by atoms with van der Waals surface area (Å²) in [6, 6.07) is -0.768. The summed E-state index contributed by atoms with van der Waals surface area (Å²) in [7, 11) is 0. The average molecular weight is 219 g/mol. The van der Waals surface area contributed by atoms with E-state index in [1.807, 2.05) is 6.26 Å². The van der Waals surface area contributed by atoms with E-state index in [1.54, 1.807) is 0 Å². The molecule has 0 fully saturated rings. The summed E-state index contributed by atoms with van der Waals surface area (Å²) in [4.78, 5) is 21.8. The van der Waals surface area contributed by atoms with Crippen LogP contribution in [0.3, 0.4) is 0 Å². The van der Waals surface area contributed by atoms with Gasteiger partial charge in [-0.15, -0.1) is 0 Å². The molecule has 7 heteroatoms. The predicted octanol–water partition coefficient (Wildman–Crippen LogP) is -0.927. The minimum atomic E-state index is -1.70. The third-order valence-electron chi connectivity index (χ3n) is 1.51. The zero-order valence-electron chi connectivity index (χ0n) is 7.78. The van der Waals surface area contributed by atoms with Crippen LogP contribution in [0.2, 0.25) is 0 Å². The highest BCUT2D eigenvalue weighted by atomic mass is 32.2. The van der Waals surface area contributed by atoms with Crippen LogP contribution in [0.25, 0.3) is 0 Å². The van der Waals surface area contributed by atoms with Crippen LogP contribution in [0.1, 0.15) is 6.42 Å². The van der Waals surface area contributed by atoms with Gasteiger partial charge in [0.1, 0.15) is 0 Å². The summed E-state index contributed by atoms with van der Waals surface area (Å²) in [5, 5.41) is 6.71. The Labute approximate surface area is 85.9 Å². The number of hydrogen-bond donors (Lipinski definition) is 3. The second-order valence-corrected chi connectivity index (χ2v) is 3.64. The quantitative estimate of drug-likeness (QED) is 0.181. The maximum Gasteiger partial charge on any atom is 0.341 e. The highest BCUT2D eigenvalue weighted by Gasteiger charge is 2.35. The summed E-state index contributed by atoms with van der Waals surface area (Å²) in [5.41, 5.74) is 8.60. The van der Waals surface area contributed by atoms with Gasteiger partial charge in [0, 0.05) is 0 Å². The van der Waals surface area contributed by atoms with Gasteiger partial charge in [0.15, 0.2) is 11.8 Å². The smallest absolute Gasteiger partial charge is 0.341 e. The third-order valence-corrected chi connectivity index (χ3v) is 2.13. The van der Waals surface area contributed by atoms with E-state index in [2.05, 4.69) is 4.74 Å². The van der Waals surface area contributed by atoms with Crippen molar-refractivity contribution in [2.45, 2.75) is 12.0 Å². The van der Waals surface area contributed by atoms with E-state index < -0.39 is 17.5 Å². The van der Waals surface area contributed by atoms with Crippen molar-refractivity contribution in [1.82, 2.24) is 0 Å². The lowest BCUT2D eigenvalue weighted by atomic mass is 10.0. The second kappa shape index (κ2) is 5.61. The fourth-order valence-corrected chi connectivity index (χ4v) is 1.22. The molecule has 0 aromatic heterocycles. The van der Waals surface area contributed by atoms with Gasteiger partial charge >= 0.3 is 5.97 Å². The normalized spacial score (nSPS) is 14.1. The van der Waals surface area contributed by atoms with Crippen LogP contribution in [0.5, 0.6) is 0 Å². The van der Waals surface area contributed by atoms with Crippen LogP contribution >= 0.6 is 11.8 Å². The van der Waals surface area contributed by atoms with Crippen molar-refractivity contribution in [2.24, 2.45) is 11.5 Å². The van der Waals surface area contributed by atoms with E-state index >= 15 is 0 Å². The molecule has 0 bridgehead atoms. The lowest BCUT2D eigenvalue weighted by Gasteiger charge is -2.19. The number of amidine groups is 1. The molecule has 0 radical (unpaired) electrons. The Morgan fingerprint density at radius 1 is 1.71 bits per heavy atom. The molecule has 1 unspecified atom stereocenters. The Morgan fingerprint density at radius 2 is 2.29 bits per heavy atom. The highest BCUT2D eigenvalue weighted by molar-refractivity contribution is 7.98. The summed E-state index contributed by atoms with van der Waals surface area (Å²) in [6.07, 6.45) is 2.29. The maximum absolute atomic E-state index is 11.2. The van der Waals surface area contributed by atoms with Crippen molar-refractivity contribution < 1.29 is 14.3 Å². The first-order valence-electron chi connectivity index (χ1n) is 3.76. The van der Waals surface area contributed by atoms with Crippen LogP contribution in [0.15, 0.2) is 0 Å². The molecule has 0 saturated carbocycles. The summed E-state index contributed by atoms with van der Waals surface area (Å²) in [6.45, 7) is 0. The van der Waals surface area contributed by atoms with Crippen LogP contribution in [-0.2, 0) is 14.3 Å². The van der Waals surface area contributed by atoms with Gasteiger partial charge in [-0.25, -0.2) is 4.79 Å². The minimum Gasteiger partial charge on any atom is -0.391 e. The number of aldehydes is 1. The van der Waals surface area contributed by atoms with Crippen molar-refractivity contribution in [3.05, 3.63) is 0 Å². The van der Waals surface area contributed by atoms with Gasteiger partial charge in [-0.2, -0.15) is 11.8 Å². The molecular formula is C7H13N3O3S. The Bertz CT molecular complexity index is 246. The topological polar surface area (TPSA) is 119 Å². The van der Waals surface area contributed by atoms with Gasteiger partial charge in [0.2, 0.25) is 0 Å². The monoisotopic (exact) mass is 219 g/mol. The molecule has 0 aliphatic heterocycles. The Morgan fingerprint density at radius 3 is 2.64 bits per heavy atom. The number of carbonyl (C=O) groups excluding carboxylic acids is 2. The van der Waals surface area contributed by atoms with Crippen molar-refractivity contribution >= 4 is 30.0 Å². The third kappa shape index (κ3) is 3.75. The molecule has 0 aliphatic rings. The standard InChI is InChI=1S/C7H13N3O3S/c1-14-3-2-7(10,4-11)5(12)13-6(8)9/h4H,2-3,10H2,1H3,(H3,8,9). The first-order valence-corrected chi connectivity index (χ1v) is 5.16. The Hall–Kier alpha value is -1.08. The number of esters is 1. The Balaban J connectivity index is 4.42. The van der Waals surface area contributed by atoms with Gasteiger partial charge in [0.05, 0.1) is 0 Å². The number of carbonyl (C=O) groups is 2. The van der Waals surface area contributed by atoms with Gasteiger partial charge in [-0.05, 0) is 18.4 Å². The molecule has 0 heterocycles. The van der Waals surface area contributed by atoms with Crippen molar-refractivity contribution in [3.8, 4) is 0 Å². The first-order chi connectivity index (χ1) is 6.46. The van der Waals surface area contributed by atoms with Gasteiger partial charge < -0.3 is 21.0 Å². The molecule has 0 spiro atoms. The average Bonchev–Trinajstić information content (AvgIpc) is 2.13. The maximum atomic E-state index is 11.2. The number of ether oxygens (including phenoxy) is 1. The van der Waals surface area contributed by atoms with E-state index in [9.17, 15) is 9.59 Å². The summed E-state index contributed by atoms with van der Waals surface area (Å²) in [5.74, 6) is -0.448. The number of rotatable bonds is 5. The number of nitrogens with two attached hydrogens (primary N) is 2. The van der Waals surface area contributed by atoms with Crippen LogP contribution in [-0.4, -0.2) is 35.8 Å². The van der Waals surface area contributed by atoms with Crippen LogP contribution in [0, 0.1) is 5.41 Å². The van der Waals surface area contributed by atoms with Crippen LogP contribution in [0.4, 0.5) is 0 Å². The van der Waals surface area contributed by atoms with E-state index in [4.69, 9.17) is 16.9 Å². The van der Waals surface area contributed by atoms with E-state index in [0.717, 1.165) is 0 Å². The fraction of sp³-hybridized carbons (Fsp3) is 0.571. The van der Waals surface area contributed by atoms with E-state index in [-0.39, 0.29) is 6.42 Å². The molecule has 0 aromatic carbocycles. The highest BCUT2D eigenvalue weighted by Crippen LogP contribution is 2.10. The minimum absolute atomic E-state index is 0.157. The Kier molecular flexibility index (Phi) is 5.18. The largest absolute Gasteiger partial charge is 0.391 e. The van der Waals surface area contributed by atoms with E-state index in [0.29, 0.717) is 12.0 Å². The predicted molar refractivity (Wildman–Crippen MR) is 54.0 cm³/mol. The zero-order valence-corrected chi connectivity index (χ0v) is 8.60. The van der Waals surface area contributed by atoms with E-state index in [1.165, 1.54) is 11.8 Å². The number of hydrogen-bond acceptors (Lipinski definition) is 6. The molecule has 0 rings (SSSR count). The molecule has 6 nitrogen and oxygen atoms in total. The lowest BCUT2D eigenvalue weighted by Crippen LogP contribution is -2.52. The number of thioether (sulfide) groups is 1. The van der Waals surface area contributed by atoms with Crippen molar-refractivity contribution in [1.29, 1.82) is 5.41 Å². The van der Waals surface area contributed by atoms with Crippen LogP contribution < -0.4 is 11.5 Å². The molecule has 1 atom stereocenters. The fourth-order valence-electron chi connectivity index (χ4n) is 0.675. The summed E-state index contributed by atoms with van der Waals surface area (Å²) < 4.78 is 4.26. The zero-order chi connectivity index (χ0) is 11.2. The van der Waals surface area contributed by atoms with Crippen molar-refractivity contribution in [3.63, 3.8) is 0 Å². The first kappa shape index (κ1) is 12.9. The van der Waals surface area contributed by atoms with Gasteiger partial charge in [-0.1, -0.05) is 0 Å². The molecule has 80 valence electrons. The SMILES string of the molecule is CSCCC(N)(C=O)C(=O)OC(=N)N. The summed E-state index contributed by atoms with van der Waals surface area (Å²) >= 11 is 1.45. The molecule has 14 heavy (non-hydrogen) atoms. The van der Waals surface area contributed by atoms with Gasteiger partial charge in [-0.3, -0.25) is 5.41 Å². The molecular weight excluding hydrogens is 206 g/mol. The molecule has 0 amide bonds. The lowest BCUT2D eigenvalue weighted by molar-refractivity contribution is -0.144.